The van der Waals surface area contributed by atoms with E-state index in [2.05, 4.69) is 15.3 Å². The molecule has 0 spiro atoms. The van der Waals surface area contributed by atoms with E-state index in [1.807, 2.05) is 0 Å². The van der Waals surface area contributed by atoms with E-state index < -0.39 is 17.6 Å². The smallest absolute Gasteiger partial charge is 0.298 e. The summed E-state index contributed by atoms with van der Waals surface area (Å²) in [4.78, 5) is 20.0. The molecule has 1 N–H and O–H groups in total. The Morgan fingerprint density at radius 2 is 1.85 bits per heavy atom. The molecule has 1 amide bonds. The Labute approximate surface area is 159 Å². The van der Waals surface area contributed by atoms with Crippen molar-refractivity contribution >= 4 is 45.6 Å². The topological polar surface area (TPSA) is 54.9 Å². The third-order valence-corrected chi connectivity index (χ3v) is 4.54. The van der Waals surface area contributed by atoms with E-state index in [1.54, 1.807) is 29.6 Å². The number of carbonyl (C=O) groups is 1. The Bertz CT molecular complexity index is 958. The van der Waals surface area contributed by atoms with Crippen LogP contribution in [-0.2, 0) is 6.18 Å². The summed E-state index contributed by atoms with van der Waals surface area (Å²) in [7, 11) is 0. The fourth-order valence-corrected chi connectivity index (χ4v) is 3.07. The SMILES string of the molecule is O=C(Nc1nc(-c2ncc(C(F)(F)F)cc2Cl)cs1)c1ccc(Cl)cc1. The molecule has 26 heavy (non-hydrogen) atoms. The van der Waals surface area contributed by atoms with Gasteiger partial charge in [0.05, 0.1) is 10.6 Å². The van der Waals surface area contributed by atoms with Crippen molar-refractivity contribution in [2.24, 2.45) is 0 Å². The summed E-state index contributed by atoms with van der Waals surface area (Å²) >= 11 is 12.8. The van der Waals surface area contributed by atoms with Gasteiger partial charge in [0.1, 0.15) is 11.4 Å². The number of aromatic nitrogens is 2. The van der Waals surface area contributed by atoms with Crippen LogP contribution in [-0.4, -0.2) is 15.9 Å². The fraction of sp³-hybridized carbons (Fsp3) is 0.0625. The number of benzene rings is 1. The minimum atomic E-state index is -4.53. The molecular formula is C16H8Cl2F3N3OS. The molecule has 0 fully saturated rings. The number of alkyl halides is 3. The van der Waals surface area contributed by atoms with Crippen molar-refractivity contribution in [2.45, 2.75) is 6.18 Å². The number of nitrogens with one attached hydrogen (secondary N) is 1. The second-order valence-electron chi connectivity index (χ2n) is 5.05. The molecule has 2 aromatic heterocycles. The summed E-state index contributed by atoms with van der Waals surface area (Å²) in [6.07, 6.45) is -3.85. The van der Waals surface area contributed by atoms with Gasteiger partial charge in [0.25, 0.3) is 5.91 Å². The van der Waals surface area contributed by atoms with E-state index >= 15 is 0 Å². The zero-order chi connectivity index (χ0) is 18.9. The Hall–Kier alpha value is -2.16. The molecule has 0 radical (unpaired) electrons. The number of halogens is 5. The van der Waals surface area contributed by atoms with Crippen molar-refractivity contribution < 1.29 is 18.0 Å². The van der Waals surface area contributed by atoms with Crippen molar-refractivity contribution in [3.8, 4) is 11.4 Å². The van der Waals surface area contributed by atoms with Crippen LogP contribution in [0.4, 0.5) is 18.3 Å². The van der Waals surface area contributed by atoms with Crippen LogP contribution < -0.4 is 5.32 Å². The van der Waals surface area contributed by atoms with Crippen LogP contribution in [0, 0.1) is 0 Å². The Morgan fingerprint density at radius 1 is 1.15 bits per heavy atom. The summed E-state index contributed by atoms with van der Waals surface area (Å²) in [5.74, 6) is -0.394. The predicted octanol–water partition coefficient (Wildman–Crippen LogP) is 5.78. The number of rotatable bonds is 3. The van der Waals surface area contributed by atoms with Gasteiger partial charge in [-0.3, -0.25) is 15.1 Å². The fourth-order valence-electron chi connectivity index (χ4n) is 1.99. The van der Waals surface area contributed by atoms with Gasteiger partial charge in [-0.15, -0.1) is 11.3 Å². The predicted molar refractivity (Wildman–Crippen MR) is 94.8 cm³/mol. The first-order valence-corrected chi connectivity index (χ1v) is 8.63. The number of pyridine rings is 1. The number of amides is 1. The molecule has 0 unspecified atom stereocenters. The van der Waals surface area contributed by atoms with Crippen LogP contribution in [0.25, 0.3) is 11.4 Å². The molecule has 0 atom stereocenters. The average Bonchev–Trinajstić information content (AvgIpc) is 3.02. The molecular weight excluding hydrogens is 410 g/mol. The zero-order valence-corrected chi connectivity index (χ0v) is 15.0. The van der Waals surface area contributed by atoms with Crippen LogP contribution >= 0.6 is 34.5 Å². The second kappa shape index (κ2) is 7.22. The largest absolute Gasteiger partial charge is 0.417 e. The molecule has 2 heterocycles. The van der Waals surface area contributed by atoms with E-state index in [9.17, 15) is 18.0 Å². The van der Waals surface area contributed by atoms with E-state index in [-0.39, 0.29) is 21.5 Å². The van der Waals surface area contributed by atoms with Crippen molar-refractivity contribution in [1.82, 2.24) is 9.97 Å². The zero-order valence-electron chi connectivity index (χ0n) is 12.6. The molecule has 134 valence electrons. The third-order valence-electron chi connectivity index (χ3n) is 3.24. The number of thiazole rings is 1. The van der Waals surface area contributed by atoms with Crippen molar-refractivity contribution in [3.05, 3.63) is 63.1 Å². The van der Waals surface area contributed by atoms with Gasteiger partial charge < -0.3 is 0 Å². The molecule has 1 aromatic carbocycles. The number of hydrogen-bond donors (Lipinski definition) is 1. The molecule has 3 aromatic rings. The monoisotopic (exact) mass is 417 g/mol. The number of carbonyl (C=O) groups excluding carboxylic acids is 1. The van der Waals surface area contributed by atoms with Crippen LogP contribution in [0.15, 0.2) is 41.9 Å². The maximum atomic E-state index is 12.7. The Kier molecular flexibility index (Phi) is 5.17. The molecule has 3 rings (SSSR count). The maximum absolute atomic E-state index is 12.7. The summed E-state index contributed by atoms with van der Waals surface area (Å²) in [6, 6.07) is 7.06. The van der Waals surface area contributed by atoms with E-state index in [0.717, 1.165) is 17.4 Å². The van der Waals surface area contributed by atoms with Crippen molar-refractivity contribution in [3.63, 3.8) is 0 Å². The highest BCUT2D eigenvalue weighted by Crippen LogP contribution is 2.34. The maximum Gasteiger partial charge on any atom is 0.417 e. The first-order valence-electron chi connectivity index (χ1n) is 6.99. The minimum absolute atomic E-state index is 0.0999. The van der Waals surface area contributed by atoms with E-state index in [0.29, 0.717) is 16.8 Å². The van der Waals surface area contributed by atoms with Crippen molar-refractivity contribution in [2.75, 3.05) is 5.32 Å². The molecule has 4 nitrogen and oxygen atoms in total. The van der Waals surface area contributed by atoms with Gasteiger partial charge in [-0.05, 0) is 30.3 Å². The lowest BCUT2D eigenvalue weighted by molar-refractivity contribution is -0.137. The Balaban J connectivity index is 1.79. The second-order valence-corrected chi connectivity index (χ2v) is 6.75. The number of nitrogens with zero attached hydrogens (tertiary/aromatic N) is 2. The molecule has 0 saturated carbocycles. The van der Waals surface area contributed by atoms with Crippen LogP contribution in [0.2, 0.25) is 10.0 Å². The molecule has 0 saturated heterocycles. The lowest BCUT2D eigenvalue weighted by atomic mass is 10.2. The van der Waals surface area contributed by atoms with Crippen LogP contribution in [0.3, 0.4) is 0 Å². The van der Waals surface area contributed by atoms with Gasteiger partial charge >= 0.3 is 6.18 Å². The molecule has 0 bridgehead atoms. The van der Waals surface area contributed by atoms with E-state index in [1.165, 1.54) is 0 Å². The van der Waals surface area contributed by atoms with Crippen LogP contribution in [0.1, 0.15) is 15.9 Å². The molecule has 0 aliphatic rings. The lowest BCUT2D eigenvalue weighted by Crippen LogP contribution is -2.11. The van der Waals surface area contributed by atoms with Gasteiger partial charge in [0, 0.05) is 22.2 Å². The van der Waals surface area contributed by atoms with Gasteiger partial charge in [-0.2, -0.15) is 13.2 Å². The first-order chi connectivity index (χ1) is 12.2. The van der Waals surface area contributed by atoms with Gasteiger partial charge in [-0.1, -0.05) is 23.2 Å². The van der Waals surface area contributed by atoms with Crippen LogP contribution in [0.5, 0.6) is 0 Å². The first kappa shape index (κ1) is 18.6. The summed E-state index contributed by atoms with van der Waals surface area (Å²) in [6.45, 7) is 0. The highest BCUT2D eigenvalue weighted by molar-refractivity contribution is 7.14. The normalized spacial score (nSPS) is 11.4. The van der Waals surface area contributed by atoms with Crippen molar-refractivity contribution in [1.29, 1.82) is 0 Å². The molecule has 0 aliphatic heterocycles. The third kappa shape index (κ3) is 4.14. The molecule has 0 aliphatic carbocycles. The van der Waals surface area contributed by atoms with Gasteiger partial charge in [-0.25, -0.2) is 4.98 Å². The van der Waals surface area contributed by atoms with E-state index in [4.69, 9.17) is 23.2 Å². The standard InChI is InChI=1S/C16H8Cl2F3N3OS/c17-10-3-1-8(2-4-10)14(25)24-15-23-12(7-26-15)13-11(18)5-9(6-22-13)16(19,20)21/h1-7H,(H,23,24,25). The lowest BCUT2D eigenvalue weighted by Gasteiger charge is -2.07. The van der Waals surface area contributed by atoms with Gasteiger partial charge in [0.15, 0.2) is 5.13 Å². The molecule has 10 heteroatoms. The number of hydrogen-bond acceptors (Lipinski definition) is 4. The summed E-state index contributed by atoms with van der Waals surface area (Å²) in [5.41, 5.74) is -0.197. The Morgan fingerprint density at radius 3 is 2.46 bits per heavy atom. The van der Waals surface area contributed by atoms with Gasteiger partial charge in [0.2, 0.25) is 0 Å². The average molecular weight is 418 g/mol. The highest BCUT2D eigenvalue weighted by Gasteiger charge is 2.31. The minimum Gasteiger partial charge on any atom is -0.298 e. The summed E-state index contributed by atoms with van der Waals surface area (Å²) in [5, 5.41) is 4.72. The number of anilines is 1. The highest BCUT2D eigenvalue weighted by atomic mass is 35.5. The quantitative estimate of drug-likeness (QED) is 0.587. The summed E-state index contributed by atoms with van der Waals surface area (Å²) < 4.78 is 38.0.